The van der Waals surface area contributed by atoms with E-state index in [9.17, 15) is 16.8 Å². The number of benzene rings is 1. The molecule has 21 heavy (non-hydrogen) atoms. The van der Waals surface area contributed by atoms with E-state index < -0.39 is 19.7 Å². The number of hydrogen-bond donors (Lipinski definition) is 1. The van der Waals surface area contributed by atoms with E-state index in [1.165, 1.54) is 24.3 Å². The molecule has 1 atom stereocenters. The topological polar surface area (TPSA) is 80.3 Å². The molecule has 0 aliphatic heterocycles. The maximum absolute atomic E-state index is 12.4. The van der Waals surface area contributed by atoms with Gasteiger partial charge in [-0.25, -0.2) is 16.8 Å². The fraction of sp³-hybridized carbons (Fsp3) is 0.571. The molecule has 0 saturated carbocycles. The maximum Gasteiger partial charge on any atom is 0.179 e. The van der Waals surface area contributed by atoms with Gasteiger partial charge >= 0.3 is 0 Å². The third-order valence-electron chi connectivity index (χ3n) is 3.16. The van der Waals surface area contributed by atoms with Crippen LogP contribution in [0.3, 0.4) is 0 Å². The van der Waals surface area contributed by atoms with Crippen LogP contribution in [0.5, 0.6) is 0 Å². The fourth-order valence-electron chi connectivity index (χ4n) is 2.14. The van der Waals surface area contributed by atoms with Gasteiger partial charge in [-0.1, -0.05) is 20.3 Å². The van der Waals surface area contributed by atoms with Gasteiger partial charge in [-0.2, -0.15) is 0 Å². The van der Waals surface area contributed by atoms with Crippen molar-refractivity contribution < 1.29 is 16.8 Å². The van der Waals surface area contributed by atoms with Crippen LogP contribution in [0.25, 0.3) is 0 Å². The van der Waals surface area contributed by atoms with Gasteiger partial charge in [-0.05, 0) is 37.2 Å². The van der Waals surface area contributed by atoms with E-state index in [1.54, 1.807) is 0 Å². The van der Waals surface area contributed by atoms with E-state index >= 15 is 0 Å². The van der Waals surface area contributed by atoms with Crippen LogP contribution in [0.15, 0.2) is 34.1 Å². The lowest BCUT2D eigenvalue weighted by atomic mass is 10.2. The zero-order valence-corrected chi connectivity index (χ0v) is 14.3. The average Bonchev–Trinajstić information content (AvgIpc) is 2.38. The maximum atomic E-state index is 12.4. The molecule has 7 heteroatoms. The highest BCUT2D eigenvalue weighted by Crippen LogP contribution is 2.17. The van der Waals surface area contributed by atoms with Gasteiger partial charge < -0.3 is 5.32 Å². The van der Waals surface area contributed by atoms with Gasteiger partial charge in [0.05, 0.1) is 15.5 Å². The molecule has 0 fully saturated rings. The van der Waals surface area contributed by atoms with E-state index in [-0.39, 0.29) is 21.6 Å². The smallest absolute Gasteiger partial charge is 0.179 e. The lowest BCUT2D eigenvalue weighted by Gasteiger charge is -2.17. The van der Waals surface area contributed by atoms with Crippen LogP contribution in [0, 0.1) is 0 Å². The molecular weight excluding hydrogens is 310 g/mol. The van der Waals surface area contributed by atoms with Crippen LogP contribution < -0.4 is 5.32 Å². The molecule has 1 aromatic rings. The Morgan fingerprint density at radius 2 is 1.52 bits per heavy atom. The van der Waals surface area contributed by atoms with Crippen molar-refractivity contribution in [3.8, 4) is 0 Å². The van der Waals surface area contributed by atoms with Crippen LogP contribution in [-0.4, -0.2) is 41.4 Å². The predicted molar refractivity (Wildman–Crippen MR) is 84.0 cm³/mol. The summed E-state index contributed by atoms with van der Waals surface area (Å²) in [5.74, 6) is 0.0207. The number of rotatable bonds is 8. The highest BCUT2D eigenvalue weighted by atomic mass is 32.2. The highest BCUT2D eigenvalue weighted by molar-refractivity contribution is 7.91. The third-order valence-corrected chi connectivity index (χ3v) is 6.12. The molecule has 1 N–H and O–H groups in total. The minimum Gasteiger partial charge on any atom is -0.313 e. The first-order valence-corrected chi connectivity index (χ1v) is 10.5. The first kappa shape index (κ1) is 18.1. The van der Waals surface area contributed by atoms with Gasteiger partial charge in [0.15, 0.2) is 19.7 Å². The van der Waals surface area contributed by atoms with Gasteiger partial charge in [0.1, 0.15) is 0 Å². The summed E-state index contributed by atoms with van der Waals surface area (Å²) in [4.78, 5) is 0.284. The van der Waals surface area contributed by atoms with Gasteiger partial charge in [-0.15, -0.1) is 0 Å². The van der Waals surface area contributed by atoms with Crippen molar-refractivity contribution in [3.63, 3.8) is 0 Å². The standard InChI is InChI=1S/C14H23NO4S2/c1-4-6-12(15-5-2)11-21(18,19)14-9-7-13(8-10-14)20(3,16)17/h7-10,12,15H,4-6,11H2,1-3H3. The van der Waals surface area contributed by atoms with Crippen LogP contribution in [0.2, 0.25) is 0 Å². The van der Waals surface area contributed by atoms with Gasteiger partial charge in [0.2, 0.25) is 0 Å². The van der Waals surface area contributed by atoms with Crippen LogP contribution in [0.1, 0.15) is 26.7 Å². The normalized spacial score (nSPS) is 14.0. The molecule has 5 nitrogen and oxygen atoms in total. The molecule has 0 aromatic heterocycles. The van der Waals surface area contributed by atoms with E-state index in [0.29, 0.717) is 6.54 Å². The Hall–Kier alpha value is -0.920. The van der Waals surface area contributed by atoms with Crippen molar-refractivity contribution in [2.24, 2.45) is 0 Å². The minimum atomic E-state index is -3.42. The molecule has 0 bridgehead atoms. The Kier molecular flexibility index (Phi) is 6.37. The monoisotopic (exact) mass is 333 g/mol. The van der Waals surface area contributed by atoms with Crippen molar-refractivity contribution in [3.05, 3.63) is 24.3 Å². The summed E-state index contributed by atoms with van der Waals surface area (Å²) in [6.45, 7) is 4.67. The molecule has 0 radical (unpaired) electrons. The van der Waals surface area contributed by atoms with Crippen LogP contribution in [0.4, 0.5) is 0 Å². The second kappa shape index (κ2) is 7.38. The predicted octanol–water partition coefficient (Wildman–Crippen LogP) is 1.64. The molecule has 0 heterocycles. The van der Waals surface area contributed by atoms with Gasteiger partial charge in [0.25, 0.3) is 0 Å². The summed E-state index contributed by atoms with van der Waals surface area (Å²) in [5.41, 5.74) is 0. The van der Waals surface area contributed by atoms with E-state index in [0.717, 1.165) is 19.1 Å². The Balaban J connectivity index is 2.97. The van der Waals surface area contributed by atoms with Crippen molar-refractivity contribution in [1.82, 2.24) is 5.32 Å². The number of nitrogens with one attached hydrogen (secondary N) is 1. The molecule has 0 saturated heterocycles. The number of sulfone groups is 2. The van der Waals surface area contributed by atoms with Gasteiger partial charge in [-0.3, -0.25) is 0 Å². The second-order valence-electron chi connectivity index (χ2n) is 5.07. The van der Waals surface area contributed by atoms with Crippen LogP contribution >= 0.6 is 0 Å². The summed E-state index contributed by atoms with van der Waals surface area (Å²) < 4.78 is 47.5. The summed E-state index contributed by atoms with van der Waals surface area (Å²) in [6, 6.07) is 5.32. The largest absolute Gasteiger partial charge is 0.313 e. The van der Waals surface area contributed by atoms with Crippen molar-refractivity contribution in [2.75, 3.05) is 18.6 Å². The highest BCUT2D eigenvalue weighted by Gasteiger charge is 2.20. The molecular formula is C14H23NO4S2. The Bertz CT molecular complexity index is 643. The lowest BCUT2D eigenvalue weighted by Crippen LogP contribution is -2.35. The van der Waals surface area contributed by atoms with E-state index in [2.05, 4.69) is 5.32 Å². The zero-order chi connectivity index (χ0) is 16.1. The molecule has 1 aromatic carbocycles. The molecule has 0 aliphatic carbocycles. The minimum absolute atomic E-state index is 0.0207. The number of hydrogen-bond acceptors (Lipinski definition) is 5. The first-order chi connectivity index (χ1) is 9.70. The summed E-state index contributed by atoms with van der Waals surface area (Å²) in [6.07, 6.45) is 2.79. The molecule has 0 spiro atoms. The lowest BCUT2D eigenvalue weighted by molar-refractivity contribution is 0.512. The zero-order valence-electron chi connectivity index (χ0n) is 12.7. The molecule has 0 amide bonds. The molecule has 1 rings (SSSR count). The SMILES string of the molecule is CCCC(CS(=O)(=O)c1ccc(S(C)(=O)=O)cc1)NCC. The Morgan fingerprint density at radius 1 is 1.00 bits per heavy atom. The quantitative estimate of drug-likeness (QED) is 0.782. The van der Waals surface area contributed by atoms with Gasteiger partial charge in [0, 0.05) is 12.3 Å². The first-order valence-electron chi connectivity index (χ1n) is 6.97. The molecule has 0 aliphatic rings. The van der Waals surface area contributed by atoms with Crippen molar-refractivity contribution in [2.45, 2.75) is 42.5 Å². The van der Waals surface area contributed by atoms with Crippen LogP contribution in [-0.2, 0) is 19.7 Å². The summed E-state index contributed by atoms with van der Waals surface area (Å²) in [5, 5.41) is 3.17. The Labute approximate surface area is 127 Å². The fourth-order valence-corrected chi connectivity index (χ4v) is 4.32. The van der Waals surface area contributed by atoms with Crippen molar-refractivity contribution >= 4 is 19.7 Å². The van der Waals surface area contributed by atoms with Crippen molar-refractivity contribution in [1.29, 1.82) is 0 Å². The van der Waals surface area contributed by atoms with E-state index in [4.69, 9.17) is 0 Å². The Morgan fingerprint density at radius 3 is 1.95 bits per heavy atom. The molecule has 120 valence electrons. The summed E-state index contributed by atoms with van der Waals surface area (Å²) in [7, 11) is -6.74. The molecule has 1 unspecified atom stereocenters. The average molecular weight is 333 g/mol. The summed E-state index contributed by atoms with van der Waals surface area (Å²) >= 11 is 0. The second-order valence-corrected chi connectivity index (χ2v) is 9.12. The third kappa shape index (κ3) is 5.41. The van der Waals surface area contributed by atoms with E-state index in [1.807, 2.05) is 13.8 Å².